The van der Waals surface area contributed by atoms with Crippen molar-refractivity contribution < 1.29 is 22.1 Å². The lowest BCUT2D eigenvalue weighted by Crippen LogP contribution is -2.20. The van der Waals surface area contributed by atoms with Crippen LogP contribution < -0.4 is 19.6 Å². The summed E-state index contributed by atoms with van der Waals surface area (Å²) in [5.74, 6) is 0.954. The molecule has 5 rings (SSSR count). The van der Waals surface area contributed by atoms with Crippen molar-refractivity contribution in [3.8, 4) is 17.2 Å². The number of urea groups is 1. The number of benzene rings is 3. The third-order valence-electron chi connectivity index (χ3n) is 5.17. The van der Waals surface area contributed by atoms with Crippen LogP contribution in [0.25, 0.3) is 16.7 Å². The van der Waals surface area contributed by atoms with Crippen molar-refractivity contribution in [2.24, 2.45) is 0 Å². The lowest BCUT2D eigenvalue weighted by atomic mass is 10.3. The molecule has 2 heterocycles. The summed E-state index contributed by atoms with van der Waals surface area (Å²) in [5.41, 5.74) is 2.34. The Hall–Kier alpha value is -4.84. The molecule has 12 heteroatoms. The summed E-state index contributed by atoms with van der Waals surface area (Å²) in [6.07, 6.45) is 5.00. The second kappa shape index (κ2) is 9.43. The first-order valence-electron chi connectivity index (χ1n) is 10.6. The summed E-state index contributed by atoms with van der Waals surface area (Å²) in [7, 11) is -2.51. The van der Waals surface area contributed by atoms with Gasteiger partial charge in [-0.3, -0.25) is 5.32 Å². The molecule has 36 heavy (non-hydrogen) atoms. The van der Waals surface area contributed by atoms with Crippen LogP contribution in [0.1, 0.15) is 0 Å². The van der Waals surface area contributed by atoms with Gasteiger partial charge in [-0.2, -0.15) is 8.42 Å². The minimum atomic E-state index is -4.07. The Morgan fingerprint density at radius 1 is 0.972 bits per heavy atom. The second-order valence-electron chi connectivity index (χ2n) is 7.57. The Balaban J connectivity index is 1.27. The Labute approximate surface area is 205 Å². The highest BCUT2D eigenvalue weighted by Gasteiger charge is 2.18. The van der Waals surface area contributed by atoms with Crippen molar-refractivity contribution in [2.75, 3.05) is 17.7 Å². The van der Waals surface area contributed by atoms with Gasteiger partial charge >= 0.3 is 16.1 Å². The standard InChI is InChI=1S/C24H20N6O5S/c1-34-18-6-2-16(3-7-18)26-24(31)29-23-27-21-11-8-19(14-22(21)28-23)35-36(32,33)20-9-4-17(5-10-20)30-13-12-25-15-30/h2-15H,1H3,(H3,26,27,28,29,31). The van der Waals surface area contributed by atoms with E-state index in [0.29, 0.717) is 22.5 Å². The lowest BCUT2D eigenvalue weighted by molar-refractivity contribution is 0.262. The zero-order valence-electron chi connectivity index (χ0n) is 18.9. The predicted octanol–water partition coefficient (Wildman–Crippen LogP) is 4.17. The minimum Gasteiger partial charge on any atom is -0.497 e. The number of amides is 2. The van der Waals surface area contributed by atoms with E-state index in [-0.39, 0.29) is 16.6 Å². The molecule has 0 radical (unpaired) electrons. The van der Waals surface area contributed by atoms with Crippen LogP contribution >= 0.6 is 0 Å². The Kier molecular flexibility index (Phi) is 6.00. The average Bonchev–Trinajstić information content (AvgIpc) is 3.54. The monoisotopic (exact) mass is 504 g/mol. The summed E-state index contributed by atoms with van der Waals surface area (Å²) < 4.78 is 37.7. The SMILES string of the molecule is COc1ccc(NC(=O)Nc2nc3ccc(OS(=O)(=O)c4ccc(-n5ccnc5)cc4)cc3[nH]2)cc1. The molecule has 0 unspecified atom stereocenters. The number of fused-ring (bicyclic) bond motifs is 1. The molecule has 0 atom stereocenters. The number of nitrogens with one attached hydrogen (secondary N) is 3. The fourth-order valence-electron chi connectivity index (χ4n) is 3.42. The van der Waals surface area contributed by atoms with Crippen molar-refractivity contribution in [3.05, 3.63) is 85.5 Å². The van der Waals surface area contributed by atoms with Crippen LogP contribution in [0.4, 0.5) is 16.4 Å². The van der Waals surface area contributed by atoms with E-state index in [4.69, 9.17) is 8.92 Å². The maximum atomic E-state index is 12.8. The molecule has 182 valence electrons. The average molecular weight is 505 g/mol. The van der Waals surface area contributed by atoms with Crippen molar-refractivity contribution in [1.82, 2.24) is 19.5 Å². The van der Waals surface area contributed by atoms with Crippen molar-refractivity contribution in [2.45, 2.75) is 4.90 Å². The fourth-order valence-corrected chi connectivity index (χ4v) is 4.34. The highest BCUT2D eigenvalue weighted by atomic mass is 32.2. The summed E-state index contributed by atoms with van der Waals surface area (Å²) in [6.45, 7) is 0. The number of anilines is 2. The largest absolute Gasteiger partial charge is 0.497 e. The molecular weight excluding hydrogens is 484 g/mol. The van der Waals surface area contributed by atoms with Gasteiger partial charge in [-0.15, -0.1) is 0 Å². The molecule has 0 spiro atoms. The van der Waals surface area contributed by atoms with E-state index in [9.17, 15) is 13.2 Å². The second-order valence-corrected chi connectivity index (χ2v) is 9.12. The molecule has 2 aromatic heterocycles. The number of aromatic amines is 1. The highest BCUT2D eigenvalue weighted by Crippen LogP contribution is 2.25. The van der Waals surface area contributed by atoms with Crippen LogP contribution in [0, 0.1) is 0 Å². The third-order valence-corrected chi connectivity index (χ3v) is 6.43. The summed E-state index contributed by atoms with van der Waals surface area (Å²) >= 11 is 0. The van der Waals surface area contributed by atoms with Crippen LogP contribution in [0.5, 0.6) is 11.5 Å². The topological polar surface area (TPSA) is 140 Å². The van der Waals surface area contributed by atoms with Gasteiger partial charge in [0.25, 0.3) is 0 Å². The zero-order chi connectivity index (χ0) is 25.1. The number of carbonyl (C=O) groups excluding carboxylic acids is 1. The van der Waals surface area contributed by atoms with Gasteiger partial charge in [0.15, 0.2) is 0 Å². The van der Waals surface area contributed by atoms with E-state index < -0.39 is 16.1 Å². The number of ether oxygens (including phenoxy) is 1. The van der Waals surface area contributed by atoms with E-state index in [1.54, 1.807) is 72.9 Å². The molecule has 3 N–H and O–H groups in total. The first-order valence-corrected chi connectivity index (χ1v) is 12.1. The number of hydrogen-bond donors (Lipinski definition) is 3. The summed E-state index contributed by atoms with van der Waals surface area (Å²) in [5, 5.41) is 5.29. The van der Waals surface area contributed by atoms with Gasteiger partial charge < -0.3 is 23.8 Å². The van der Waals surface area contributed by atoms with Crippen LogP contribution in [-0.2, 0) is 10.1 Å². The Morgan fingerprint density at radius 3 is 2.42 bits per heavy atom. The Morgan fingerprint density at radius 2 is 1.72 bits per heavy atom. The number of aromatic nitrogens is 4. The van der Waals surface area contributed by atoms with E-state index in [1.807, 2.05) is 0 Å². The van der Waals surface area contributed by atoms with Gasteiger partial charge in [0.05, 0.1) is 24.5 Å². The molecular formula is C24H20N6O5S. The number of carbonyl (C=O) groups is 1. The van der Waals surface area contributed by atoms with Crippen LogP contribution in [0.15, 0.2) is 90.3 Å². The quantitative estimate of drug-likeness (QED) is 0.283. The number of nitrogens with zero attached hydrogens (tertiary/aromatic N) is 3. The molecule has 11 nitrogen and oxygen atoms in total. The van der Waals surface area contributed by atoms with E-state index in [0.717, 1.165) is 5.69 Å². The van der Waals surface area contributed by atoms with Crippen molar-refractivity contribution in [1.29, 1.82) is 0 Å². The molecule has 0 bridgehead atoms. The minimum absolute atomic E-state index is 0.00799. The van der Waals surface area contributed by atoms with Gasteiger partial charge in [0.2, 0.25) is 5.95 Å². The van der Waals surface area contributed by atoms with E-state index in [2.05, 4.69) is 25.6 Å². The van der Waals surface area contributed by atoms with Gasteiger partial charge in [-0.05, 0) is 60.7 Å². The number of methoxy groups -OCH3 is 1. The van der Waals surface area contributed by atoms with Crippen LogP contribution in [0.2, 0.25) is 0 Å². The number of imidazole rings is 2. The van der Waals surface area contributed by atoms with Crippen LogP contribution in [-0.4, -0.2) is 41.1 Å². The van der Waals surface area contributed by atoms with E-state index >= 15 is 0 Å². The smallest absolute Gasteiger partial charge is 0.339 e. The molecule has 0 aliphatic carbocycles. The molecule has 0 fully saturated rings. The van der Waals surface area contributed by atoms with Crippen molar-refractivity contribution in [3.63, 3.8) is 0 Å². The molecule has 0 saturated heterocycles. The number of rotatable bonds is 7. The van der Waals surface area contributed by atoms with Gasteiger partial charge in [0.1, 0.15) is 16.4 Å². The number of hydrogen-bond acceptors (Lipinski definition) is 7. The number of H-pyrrole nitrogens is 1. The summed E-state index contributed by atoms with van der Waals surface area (Å²) in [4.78, 5) is 23.5. The summed E-state index contributed by atoms with van der Waals surface area (Å²) in [6, 6.07) is 17.2. The van der Waals surface area contributed by atoms with Crippen molar-refractivity contribution >= 4 is 38.8 Å². The first-order chi connectivity index (χ1) is 17.4. The normalized spacial score (nSPS) is 11.2. The maximum Gasteiger partial charge on any atom is 0.339 e. The molecule has 0 saturated carbocycles. The molecule has 2 amide bonds. The fraction of sp³-hybridized carbons (Fsp3) is 0.0417. The molecule has 0 aliphatic rings. The van der Waals surface area contributed by atoms with Gasteiger partial charge in [-0.1, -0.05) is 0 Å². The first kappa shape index (κ1) is 22.9. The highest BCUT2D eigenvalue weighted by molar-refractivity contribution is 7.87. The third kappa shape index (κ3) is 4.98. The van der Waals surface area contributed by atoms with E-state index in [1.165, 1.54) is 24.3 Å². The molecule has 5 aromatic rings. The lowest BCUT2D eigenvalue weighted by Gasteiger charge is -2.08. The maximum absolute atomic E-state index is 12.8. The van der Waals surface area contributed by atoms with Gasteiger partial charge in [0, 0.05) is 29.8 Å². The van der Waals surface area contributed by atoms with Crippen LogP contribution in [0.3, 0.4) is 0 Å². The predicted molar refractivity (Wildman–Crippen MR) is 133 cm³/mol. The molecule has 0 aliphatic heterocycles. The molecule has 3 aromatic carbocycles. The zero-order valence-corrected chi connectivity index (χ0v) is 19.7. The Bertz CT molecular complexity index is 1610. The van der Waals surface area contributed by atoms with Gasteiger partial charge in [-0.25, -0.2) is 14.8 Å².